The Bertz CT molecular complexity index is 156. The van der Waals surface area contributed by atoms with E-state index >= 15 is 0 Å². The van der Waals surface area contributed by atoms with E-state index in [2.05, 4.69) is 22.5 Å². The van der Waals surface area contributed by atoms with Crippen molar-refractivity contribution in [3.63, 3.8) is 0 Å². The molecule has 0 aliphatic carbocycles. The van der Waals surface area contributed by atoms with Crippen LogP contribution in [-0.2, 0) is 0 Å². The van der Waals surface area contributed by atoms with Gasteiger partial charge in [0, 0.05) is 0 Å². The van der Waals surface area contributed by atoms with E-state index in [0.717, 1.165) is 23.9 Å². The van der Waals surface area contributed by atoms with E-state index < -0.39 is 0 Å². The Hall–Kier alpha value is -0.341. The first-order valence-corrected chi connectivity index (χ1v) is 4.63. The molecule has 0 fully saturated rings. The quantitative estimate of drug-likeness (QED) is 0.407. The van der Waals surface area contributed by atoms with Crippen molar-refractivity contribution in [1.29, 1.82) is 5.41 Å². The van der Waals surface area contributed by atoms with E-state index in [1.165, 1.54) is 0 Å². The van der Waals surface area contributed by atoms with Crippen LogP contribution in [0.5, 0.6) is 0 Å². The first-order valence-electron chi connectivity index (χ1n) is 3.77. The molecule has 0 bridgehead atoms. The third-order valence-corrected chi connectivity index (χ3v) is 2.41. The normalized spacial score (nSPS) is 9.27. The molecule has 3 N–H and O–H groups in total. The fourth-order valence-corrected chi connectivity index (χ4v) is 1.19. The molecule has 3 nitrogen and oxygen atoms in total. The SMILES string of the molecule is CCCN(C(=N)N)C(=[Se])CC. The Morgan fingerprint density at radius 3 is 2.36 bits per heavy atom. The average Bonchev–Trinajstić information content (AvgIpc) is 1.98. The Balaban J connectivity index is 4.09. The van der Waals surface area contributed by atoms with Crippen LogP contribution in [0.4, 0.5) is 0 Å². The Labute approximate surface area is 75.8 Å². The Morgan fingerprint density at radius 2 is 2.09 bits per heavy atom. The van der Waals surface area contributed by atoms with Gasteiger partial charge in [0.25, 0.3) is 0 Å². The molecule has 0 atom stereocenters. The molecular formula is C7H15N3Se. The van der Waals surface area contributed by atoms with Gasteiger partial charge in [-0.3, -0.25) is 0 Å². The molecule has 0 spiro atoms. The molecule has 64 valence electrons. The number of nitrogens with two attached hydrogens (primary N) is 1. The molecule has 4 heteroatoms. The van der Waals surface area contributed by atoms with Gasteiger partial charge in [-0.25, -0.2) is 0 Å². The van der Waals surface area contributed by atoms with Crippen LogP contribution >= 0.6 is 0 Å². The number of hydrogen-bond acceptors (Lipinski definition) is 1. The van der Waals surface area contributed by atoms with Crippen molar-refractivity contribution in [2.75, 3.05) is 6.54 Å². The molecule has 0 unspecified atom stereocenters. The summed E-state index contributed by atoms with van der Waals surface area (Å²) in [5.41, 5.74) is 5.37. The van der Waals surface area contributed by atoms with Gasteiger partial charge in [-0.1, -0.05) is 0 Å². The minimum atomic E-state index is 0.127. The van der Waals surface area contributed by atoms with E-state index in [1.807, 2.05) is 6.92 Å². The van der Waals surface area contributed by atoms with Crippen LogP contribution in [0.25, 0.3) is 0 Å². The van der Waals surface area contributed by atoms with Crippen molar-refractivity contribution >= 4 is 26.1 Å². The van der Waals surface area contributed by atoms with E-state index in [-0.39, 0.29) is 5.96 Å². The molecule has 0 saturated heterocycles. The van der Waals surface area contributed by atoms with Gasteiger partial charge in [-0.2, -0.15) is 0 Å². The first-order chi connectivity index (χ1) is 5.13. The molecule has 0 saturated carbocycles. The second-order valence-electron chi connectivity index (χ2n) is 2.28. The van der Waals surface area contributed by atoms with Crippen molar-refractivity contribution in [3.05, 3.63) is 0 Å². The van der Waals surface area contributed by atoms with Crippen LogP contribution in [0.1, 0.15) is 26.7 Å². The molecule has 0 radical (unpaired) electrons. The zero-order chi connectivity index (χ0) is 8.85. The molecule has 0 amide bonds. The molecule has 11 heavy (non-hydrogen) atoms. The summed E-state index contributed by atoms with van der Waals surface area (Å²) in [5.74, 6) is 0.127. The third-order valence-electron chi connectivity index (χ3n) is 1.34. The second kappa shape index (κ2) is 5.33. The van der Waals surface area contributed by atoms with Gasteiger partial charge in [0.15, 0.2) is 0 Å². The monoisotopic (exact) mass is 221 g/mol. The summed E-state index contributed by atoms with van der Waals surface area (Å²) < 4.78 is 1.04. The Morgan fingerprint density at radius 1 is 1.55 bits per heavy atom. The first kappa shape index (κ1) is 10.7. The Kier molecular flexibility index (Phi) is 5.16. The van der Waals surface area contributed by atoms with Crippen molar-refractivity contribution in [2.24, 2.45) is 5.73 Å². The van der Waals surface area contributed by atoms with E-state index in [9.17, 15) is 0 Å². The predicted molar refractivity (Wildman–Crippen MR) is 50.0 cm³/mol. The van der Waals surface area contributed by atoms with Gasteiger partial charge in [0.1, 0.15) is 0 Å². The van der Waals surface area contributed by atoms with Crippen LogP contribution in [0.3, 0.4) is 0 Å². The molecular weight excluding hydrogens is 205 g/mol. The van der Waals surface area contributed by atoms with Gasteiger partial charge in [-0.05, 0) is 0 Å². The van der Waals surface area contributed by atoms with Crippen molar-refractivity contribution < 1.29 is 0 Å². The summed E-state index contributed by atoms with van der Waals surface area (Å²) >= 11 is 2.91. The molecule has 0 aromatic heterocycles. The summed E-state index contributed by atoms with van der Waals surface area (Å²) in [4.78, 5) is 1.79. The molecule has 0 aliphatic rings. The van der Waals surface area contributed by atoms with E-state index in [1.54, 1.807) is 4.90 Å². The second-order valence-corrected chi connectivity index (χ2v) is 3.27. The standard InChI is InChI=1S/C7H15N3Se/c1-3-5-10(7(8)9)6(11)4-2/h3-5H2,1-2H3,(H3,8,9). The fraction of sp³-hybridized carbons (Fsp3) is 0.714. The maximum atomic E-state index is 7.25. The fourth-order valence-electron chi connectivity index (χ4n) is 0.794. The van der Waals surface area contributed by atoms with Gasteiger partial charge < -0.3 is 0 Å². The summed E-state index contributed by atoms with van der Waals surface area (Å²) in [6, 6.07) is 0. The number of nitrogens with one attached hydrogen (secondary N) is 1. The van der Waals surface area contributed by atoms with E-state index in [4.69, 9.17) is 11.1 Å². The summed E-state index contributed by atoms with van der Waals surface area (Å²) in [6.07, 6.45) is 1.91. The molecule has 0 heterocycles. The van der Waals surface area contributed by atoms with Crippen LogP contribution in [0, 0.1) is 5.41 Å². The maximum absolute atomic E-state index is 7.25. The number of nitrogens with zero attached hydrogens (tertiary/aromatic N) is 1. The van der Waals surface area contributed by atoms with Gasteiger partial charge >= 0.3 is 75.4 Å². The van der Waals surface area contributed by atoms with Crippen molar-refractivity contribution in [3.8, 4) is 0 Å². The minimum absolute atomic E-state index is 0.127. The summed E-state index contributed by atoms with van der Waals surface area (Å²) in [5, 5.41) is 7.25. The average molecular weight is 220 g/mol. The zero-order valence-electron chi connectivity index (χ0n) is 7.05. The van der Waals surface area contributed by atoms with Gasteiger partial charge in [-0.15, -0.1) is 0 Å². The predicted octanol–water partition coefficient (Wildman–Crippen LogP) is 0.300. The van der Waals surface area contributed by atoms with Crippen molar-refractivity contribution in [2.45, 2.75) is 26.7 Å². The van der Waals surface area contributed by atoms with Crippen LogP contribution in [-0.4, -0.2) is 37.5 Å². The topological polar surface area (TPSA) is 53.1 Å². The number of hydrogen-bond donors (Lipinski definition) is 2. The van der Waals surface area contributed by atoms with Crippen LogP contribution in [0.2, 0.25) is 0 Å². The number of rotatable bonds is 4. The number of guanidine groups is 1. The summed E-state index contributed by atoms with van der Waals surface area (Å²) in [7, 11) is 0. The van der Waals surface area contributed by atoms with Crippen LogP contribution < -0.4 is 5.73 Å². The van der Waals surface area contributed by atoms with E-state index in [0.29, 0.717) is 0 Å². The summed E-state index contributed by atoms with van der Waals surface area (Å²) in [6.45, 7) is 4.93. The van der Waals surface area contributed by atoms with Crippen LogP contribution in [0.15, 0.2) is 0 Å². The van der Waals surface area contributed by atoms with Crippen molar-refractivity contribution in [1.82, 2.24) is 4.90 Å². The third kappa shape index (κ3) is 3.54. The molecule has 0 aromatic rings. The molecule has 0 aliphatic heterocycles. The zero-order valence-corrected chi connectivity index (χ0v) is 8.77. The van der Waals surface area contributed by atoms with Gasteiger partial charge in [0.05, 0.1) is 0 Å². The van der Waals surface area contributed by atoms with Gasteiger partial charge in [0.2, 0.25) is 0 Å². The molecule has 0 rings (SSSR count). The molecule has 0 aromatic carbocycles.